The lowest BCUT2D eigenvalue weighted by molar-refractivity contribution is -0.125. The quantitative estimate of drug-likeness (QED) is 0.521. The maximum atomic E-state index is 14.7. The summed E-state index contributed by atoms with van der Waals surface area (Å²) in [5.74, 6) is -0.740. The Balaban J connectivity index is 1.73. The number of rotatable bonds is 2. The molecule has 4 heterocycles. The zero-order chi connectivity index (χ0) is 25.4. The van der Waals surface area contributed by atoms with E-state index in [0.717, 1.165) is 5.56 Å². The van der Waals surface area contributed by atoms with Crippen LogP contribution in [0.25, 0.3) is 0 Å². The fourth-order valence-electron chi connectivity index (χ4n) is 5.60. The molecule has 0 aliphatic carbocycles. The van der Waals surface area contributed by atoms with Crippen LogP contribution in [0, 0.1) is 17.7 Å². The molecule has 36 heavy (non-hydrogen) atoms. The fraction of sp³-hybridized carbons (Fsp3) is 0.370. The lowest BCUT2D eigenvalue weighted by atomic mass is 9.72. The zero-order valence-electron chi connectivity index (χ0n) is 20.3. The van der Waals surface area contributed by atoms with Gasteiger partial charge in [-0.15, -0.1) is 0 Å². The molecule has 2 N–H and O–H groups in total. The summed E-state index contributed by atoms with van der Waals surface area (Å²) in [5.41, 5.74) is 1.62. The molecule has 3 aromatic rings. The Kier molecular flexibility index (Phi) is 4.90. The first-order valence-corrected chi connectivity index (χ1v) is 12.0. The maximum absolute atomic E-state index is 14.7. The number of anilines is 1. The van der Waals surface area contributed by atoms with Crippen molar-refractivity contribution in [3.63, 3.8) is 0 Å². The first kappa shape index (κ1) is 22.6. The minimum Gasteiger partial charge on any atom is -0.469 e. The molecule has 1 aromatic heterocycles. The topological polar surface area (TPSA) is 103 Å². The van der Waals surface area contributed by atoms with Crippen molar-refractivity contribution in [3.8, 4) is 5.75 Å². The first-order chi connectivity index (χ1) is 17.2. The summed E-state index contributed by atoms with van der Waals surface area (Å²) in [7, 11) is 1.27. The Morgan fingerprint density at radius 1 is 1.19 bits per heavy atom. The van der Waals surface area contributed by atoms with Crippen molar-refractivity contribution in [2.75, 3.05) is 12.4 Å². The summed E-state index contributed by atoms with van der Waals surface area (Å²) in [6, 6.07) is 9.58. The largest absolute Gasteiger partial charge is 0.469 e. The molecule has 1 amide bonds. The van der Waals surface area contributed by atoms with Gasteiger partial charge in [0.2, 0.25) is 11.8 Å². The third-order valence-electron chi connectivity index (χ3n) is 7.40. The molecule has 0 unspecified atom stereocenters. The highest BCUT2D eigenvalue weighted by Crippen LogP contribution is 2.58. The van der Waals surface area contributed by atoms with Gasteiger partial charge in [-0.05, 0) is 42.2 Å². The molecule has 3 aliphatic heterocycles. The summed E-state index contributed by atoms with van der Waals surface area (Å²) >= 11 is 0. The Morgan fingerprint density at radius 3 is 2.75 bits per heavy atom. The van der Waals surface area contributed by atoms with Gasteiger partial charge in [0.05, 0.1) is 7.11 Å². The summed E-state index contributed by atoms with van der Waals surface area (Å²) in [4.78, 5) is 30.7. The van der Waals surface area contributed by atoms with Crippen molar-refractivity contribution in [1.29, 1.82) is 0 Å². The van der Waals surface area contributed by atoms with Crippen LogP contribution >= 0.6 is 0 Å². The summed E-state index contributed by atoms with van der Waals surface area (Å²) < 4.78 is 32.6. The van der Waals surface area contributed by atoms with E-state index in [1.54, 1.807) is 6.07 Å². The lowest BCUT2D eigenvalue weighted by Crippen LogP contribution is -2.41. The third kappa shape index (κ3) is 3.01. The van der Waals surface area contributed by atoms with Gasteiger partial charge in [-0.2, -0.15) is 0 Å². The van der Waals surface area contributed by atoms with E-state index in [1.807, 2.05) is 39.0 Å². The van der Waals surface area contributed by atoms with E-state index in [0.29, 0.717) is 29.0 Å². The van der Waals surface area contributed by atoms with E-state index in [-0.39, 0.29) is 35.1 Å². The first-order valence-electron chi connectivity index (χ1n) is 12.0. The van der Waals surface area contributed by atoms with E-state index in [2.05, 4.69) is 15.6 Å². The minimum atomic E-state index is -1.20. The van der Waals surface area contributed by atoms with Crippen LogP contribution < -0.4 is 15.4 Å². The van der Waals surface area contributed by atoms with Gasteiger partial charge in [-0.3, -0.25) is 4.79 Å². The van der Waals surface area contributed by atoms with Crippen molar-refractivity contribution in [3.05, 3.63) is 76.3 Å². The predicted octanol–water partition coefficient (Wildman–Crippen LogP) is 4.08. The Bertz CT molecular complexity index is 1420. The number of amides is 1. The number of fused-ring (bicyclic) bond motifs is 4. The van der Waals surface area contributed by atoms with Gasteiger partial charge < -0.3 is 24.5 Å². The zero-order valence-corrected chi connectivity index (χ0v) is 20.3. The highest BCUT2D eigenvalue weighted by molar-refractivity contribution is 5.90. The van der Waals surface area contributed by atoms with Gasteiger partial charge in [0.25, 0.3) is 0 Å². The summed E-state index contributed by atoms with van der Waals surface area (Å²) in [5, 5.41) is 6.39. The van der Waals surface area contributed by atoms with Crippen molar-refractivity contribution < 1.29 is 27.9 Å². The molecule has 9 heteroatoms. The average Bonchev–Trinajstić information content (AvgIpc) is 3.50. The van der Waals surface area contributed by atoms with Crippen LogP contribution in [0.3, 0.4) is 0 Å². The number of carbonyl (C=O) groups excluding carboxylic acids is 2. The summed E-state index contributed by atoms with van der Waals surface area (Å²) in [6.45, 7) is 5.74. The molecule has 0 saturated heterocycles. The monoisotopic (exact) mass is 491 g/mol. The average molecular weight is 492 g/mol. The molecular formula is C27H26FN3O5. The van der Waals surface area contributed by atoms with Gasteiger partial charge in [-0.25, -0.2) is 14.2 Å². The number of nitrogens with zero attached hydrogens (tertiary/aromatic N) is 1. The van der Waals surface area contributed by atoms with Crippen LogP contribution in [0.15, 0.2) is 40.8 Å². The highest BCUT2D eigenvalue weighted by Gasteiger charge is 2.61. The van der Waals surface area contributed by atoms with Crippen molar-refractivity contribution >= 4 is 17.6 Å². The third-order valence-corrected chi connectivity index (χ3v) is 7.40. The van der Waals surface area contributed by atoms with Gasteiger partial charge in [0, 0.05) is 22.7 Å². The standard InChI is InChI=1S/C27H26FN3O5/c1-12(2)20-24-31-21(25(33)34-4)22(36-24)27-16-11-15(28)6-7-18(16)29-26(27)35-19-8-5-14(10-17(19)27)9-13(3)23(32)30-20/h5-8,10-13,20,26,29H,9H2,1-4H3,(H,30,32)/t13-,20-,26+,27-/m0/s1. The van der Waals surface area contributed by atoms with Crippen molar-refractivity contribution in [1.82, 2.24) is 10.3 Å². The van der Waals surface area contributed by atoms with Crippen LogP contribution in [-0.4, -0.2) is 30.2 Å². The number of nitrogens with one attached hydrogen (secondary N) is 2. The van der Waals surface area contributed by atoms with E-state index in [4.69, 9.17) is 13.9 Å². The van der Waals surface area contributed by atoms with E-state index in [1.165, 1.54) is 19.2 Å². The van der Waals surface area contributed by atoms with Crippen LogP contribution in [0.4, 0.5) is 10.1 Å². The maximum Gasteiger partial charge on any atom is 0.360 e. The molecule has 8 nitrogen and oxygen atoms in total. The van der Waals surface area contributed by atoms with Gasteiger partial charge in [-0.1, -0.05) is 32.9 Å². The molecule has 4 atom stereocenters. The minimum absolute atomic E-state index is 0.0366. The SMILES string of the molecule is COC(=O)c1nc2oc1[C@@]13c4cc(F)ccc4N[C@@H]1Oc1ccc(cc13)C[C@H](C)C(=O)N[C@H]2C(C)C. The molecule has 4 bridgehead atoms. The number of hydrogen-bond acceptors (Lipinski definition) is 7. The molecule has 6 rings (SSSR count). The van der Waals surface area contributed by atoms with Gasteiger partial charge in [0.15, 0.2) is 17.7 Å². The lowest BCUT2D eigenvalue weighted by Gasteiger charge is -2.28. The number of methoxy groups -OCH3 is 1. The number of hydrogen-bond donors (Lipinski definition) is 2. The molecular weight excluding hydrogens is 465 g/mol. The van der Waals surface area contributed by atoms with Crippen LogP contribution in [-0.2, 0) is 21.4 Å². The Hall–Kier alpha value is -3.88. The van der Waals surface area contributed by atoms with Crippen LogP contribution in [0.2, 0.25) is 0 Å². The number of benzene rings is 2. The number of oxazole rings is 1. The number of aromatic nitrogens is 1. The Morgan fingerprint density at radius 2 is 2.00 bits per heavy atom. The number of carbonyl (C=O) groups is 2. The molecule has 3 aliphatic rings. The van der Waals surface area contributed by atoms with E-state index in [9.17, 15) is 14.0 Å². The van der Waals surface area contributed by atoms with Gasteiger partial charge in [0.1, 0.15) is 23.0 Å². The molecule has 1 spiro atoms. The van der Waals surface area contributed by atoms with Crippen LogP contribution in [0.5, 0.6) is 5.75 Å². The second-order valence-electron chi connectivity index (χ2n) is 10.0. The second-order valence-corrected chi connectivity index (χ2v) is 10.0. The van der Waals surface area contributed by atoms with Gasteiger partial charge >= 0.3 is 5.97 Å². The van der Waals surface area contributed by atoms with E-state index < -0.39 is 29.5 Å². The van der Waals surface area contributed by atoms with Crippen LogP contribution in [0.1, 0.15) is 65.6 Å². The van der Waals surface area contributed by atoms with E-state index >= 15 is 0 Å². The smallest absolute Gasteiger partial charge is 0.360 e. The Labute approximate surface area is 207 Å². The van der Waals surface area contributed by atoms with Crippen molar-refractivity contribution in [2.45, 2.75) is 44.9 Å². The molecule has 0 saturated carbocycles. The number of esters is 1. The normalized spacial score (nSPS) is 25.6. The predicted molar refractivity (Wildman–Crippen MR) is 127 cm³/mol. The highest BCUT2D eigenvalue weighted by atomic mass is 19.1. The molecule has 2 aromatic carbocycles. The number of halogens is 1. The fourth-order valence-corrected chi connectivity index (χ4v) is 5.60. The summed E-state index contributed by atoms with van der Waals surface area (Å²) in [6.07, 6.45) is -0.221. The molecule has 0 radical (unpaired) electrons. The number of ether oxygens (including phenoxy) is 2. The molecule has 0 fully saturated rings. The molecule has 186 valence electrons. The second kappa shape index (κ2) is 7.81. The van der Waals surface area contributed by atoms with Crippen molar-refractivity contribution in [2.24, 2.45) is 11.8 Å².